The number of aromatic hydroxyl groups is 1. The maximum Gasteiger partial charge on any atom is 0.203 e. The molecule has 0 radical (unpaired) electrons. The van der Waals surface area contributed by atoms with E-state index in [2.05, 4.69) is 31.4 Å². The van der Waals surface area contributed by atoms with Crippen molar-refractivity contribution < 1.29 is 9.50 Å². The molecule has 0 unspecified atom stereocenters. The minimum atomic E-state index is -0.514. The first-order valence-corrected chi connectivity index (χ1v) is 6.63. The highest BCUT2D eigenvalue weighted by atomic mass is 79.9. The Morgan fingerprint density at radius 2 is 2.33 bits per heavy atom. The van der Waals surface area contributed by atoms with Crippen LogP contribution in [0.5, 0.6) is 5.75 Å². The van der Waals surface area contributed by atoms with E-state index in [9.17, 15) is 9.50 Å². The molecule has 0 bridgehead atoms. The number of halogens is 2. The molecule has 0 fully saturated rings. The zero-order chi connectivity index (χ0) is 13.1. The first kappa shape index (κ1) is 13.0. The van der Waals surface area contributed by atoms with E-state index >= 15 is 0 Å². The Bertz CT molecular complexity index is 577. The Morgan fingerprint density at radius 3 is 2.94 bits per heavy atom. The van der Waals surface area contributed by atoms with Crippen molar-refractivity contribution >= 4 is 38.6 Å². The molecular formula is C11H9BrFN3OS. The van der Waals surface area contributed by atoms with Gasteiger partial charge in [-0.3, -0.25) is 5.43 Å². The van der Waals surface area contributed by atoms with E-state index < -0.39 is 5.82 Å². The van der Waals surface area contributed by atoms with Crippen LogP contribution in [0.4, 0.5) is 9.52 Å². The van der Waals surface area contributed by atoms with Gasteiger partial charge in [-0.25, -0.2) is 9.37 Å². The molecule has 0 spiro atoms. The molecule has 2 rings (SSSR count). The lowest BCUT2D eigenvalue weighted by molar-refractivity contribution is 0.467. The van der Waals surface area contributed by atoms with Crippen molar-refractivity contribution in [1.29, 1.82) is 0 Å². The van der Waals surface area contributed by atoms with Crippen LogP contribution in [-0.2, 0) is 0 Å². The van der Waals surface area contributed by atoms with Gasteiger partial charge in [-0.15, -0.1) is 11.3 Å². The van der Waals surface area contributed by atoms with Crippen LogP contribution in [0, 0.1) is 12.7 Å². The van der Waals surface area contributed by atoms with Crippen LogP contribution >= 0.6 is 27.3 Å². The average Bonchev–Trinajstić information content (AvgIpc) is 2.68. The fourth-order valence-corrected chi connectivity index (χ4v) is 2.42. The van der Waals surface area contributed by atoms with Gasteiger partial charge >= 0.3 is 0 Å². The third-order valence-electron chi connectivity index (χ3n) is 2.05. The number of rotatable bonds is 3. The van der Waals surface area contributed by atoms with Crippen LogP contribution in [0.2, 0.25) is 0 Å². The highest BCUT2D eigenvalue weighted by Crippen LogP contribution is 2.25. The first-order valence-electron chi connectivity index (χ1n) is 4.95. The van der Waals surface area contributed by atoms with Crippen LogP contribution in [0.1, 0.15) is 11.3 Å². The molecule has 1 aromatic carbocycles. The molecule has 1 aromatic heterocycles. The summed E-state index contributed by atoms with van der Waals surface area (Å²) in [6.45, 7) is 1.88. The summed E-state index contributed by atoms with van der Waals surface area (Å²) in [5.74, 6) is -0.692. The molecule has 0 aliphatic heterocycles. The lowest BCUT2D eigenvalue weighted by Crippen LogP contribution is -1.92. The van der Waals surface area contributed by atoms with Gasteiger partial charge in [-0.1, -0.05) is 0 Å². The molecule has 0 saturated heterocycles. The number of phenolic OH excluding ortho intramolecular Hbond substituents is 1. The molecule has 0 saturated carbocycles. The van der Waals surface area contributed by atoms with Crippen molar-refractivity contribution in [2.24, 2.45) is 5.10 Å². The Kier molecular flexibility index (Phi) is 3.93. The van der Waals surface area contributed by atoms with Crippen LogP contribution in [0.15, 0.2) is 27.1 Å². The summed E-state index contributed by atoms with van der Waals surface area (Å²) in [7, 11) is 0. The lowest BCUT2D eigenvalue weighted by Gasteiger charge is -2.02. The van der Waals surface area contributed by atoms with Crippen molar-refractivity contribution in [2.45, 2.75) is 6.92 Å². The van der Waals surface area contributed by atoms with Gasteiger partial charge in [-0.2, -0.15) is 5.10 Å². The van der Waals surface area contributed by atoms with E-state index in [1.165, 1.54) is 23.6 Å². The predicted octanol–water partition coefficient (Wildman–Crippen LogP) is 3.50. The molecule has 0 atom stereocenters. The van der Waals surface area contributed by atoms with Crippen LogP contribution in [0.3, 0.4) is 0 Å². The molecule has 94 valence electrons. The highest BCUT2D eigenvalue weighted by molar-refractivity contribution is 9.10. The fraction of sp³-hybridized carbons (Fsp3) is 0.0909. The van der Waals surface area contributed by atoms with Crippen molar-refractivity contribution in [3.8, 4) is 5.75 Å². The maximum absolute atomic E-state index is 12.9. The molecule has 1 heterocycles. The van der Waals surface area contributed by atoms with E-state index in [-0.39, 0.29) is 5.75 Å². The largest absolute Gasteiger partial charge is 0.507 e. The molecule has 0 aliphatic carbocycles. The van der Waals surface area contributed by atoms with Gasteiger partial charge < -0.3 is 5.11 Å². The number of anilines is 1. The van der Waals surface area contributed by atoms with E-state index in [0.29, 0.717) is 15.2 Å². The summed E-state index contributed by atoms with van der Waals surface area (Å²) in [4.78, 5) is 4.16. The SMILES string of the molecule is Cc1csc(NN=Cc2c(O)cc(F)cc2Br)n1. The molecule has 0 aliphatic rings. The van der Waals surface area contributed by atoms with Crippen LogP contribution < -0.4 is 5.43 Å². The summed E-state index contributed by atoms with van der Waals surface area (Å²) in [6.07, 6.45) is 1.40. The Hall–Kier alpha value is -1.47. The number of aromatic nitrogens is 1. The first-order chi connectivity index (χ1) is 8.56. The van der Waals surface area contributed by atoms with Crippen molar-refractivity contribution in [3.63, 3.8) is 0 Å². The van der Waals surface area contributed by atoms with E-state index in [1.807, 2.05) is 12.3 Å². The number of thiazole rings is 1. The number of aryl methyl sites for hydroxylation is 1. The molecule has 0 amide bonds. The Balaban J connectivity index is 2.14. The molecule has 2 aromatic rings. The number of phenols is 1. The molecule has 4 nitrogen and oxygen atoms in total. The standard InChI is InChI=1S/C11H9BrFN3OS/c1-6-5-18-11(15-6)16-14-4-8-9(12)2-7(13)3-10(8)17/h2-5,17H,1H3,(H,15,16). The third-order valence-corrected chi connectivity index (χ3v) is 3.57. The number of hydrazone groups is 1. The van der Waals surface area contributed by atoms with Crippen molar-refractivity contribution in [1.82, 2.24) is 4.98 Å². The molecule has 18 heavy (non-hydrogen) atoms. The van der Waals surface area contributed by atoms with Crippen molar-refractivity contribution in [3.05, 3.63) is 39.1 Å². The summed E-state index contributed by atoms with van der Waals surface area (Å²) < 4.78 is 13.4. The molecule has 7 heteroatoms. The number of nitrogens with one attached hydrogen (secondary N) is 1. The number of hydrogen-bond donors (Lipinski definition) is 2. The minimum Gasteiger partial charge on any atom is -0.507 e. The third kappa shape index (κ3) is 3.05. The second-order valence-corrected chi connectivity index (χ2v) is 5.20. The normalized spacial score (nSPS) is 11.1. The van der Waals surface area contributed by atoms with E-state index in [4.69, 9.17) is 0 Å². The quantitative estimate of drug-likeness (QED) is 0.669. The monoisotopic (exact) mass is 329 g/mol. The van der Waals surface area contributed by atoms with E-state index in [0.717, 1.165) is 11.8 Å². The van der Waals surface area contributed by atoms with Gasteiger partial charge in [0.15, 0.2) is 0 Å². The summed E-state index contributed by atoms with van der Waals surface area (Å²) >= 11 is 4.58. The predicted molar refractivity (Wildman–Crippen MR) is 73.8 cm³/mol. The number of benzene rings is 1. The topological polar surface area (TPSA) is 57.5 Å². The Labute approximate surface area is 115 Å². The zero-order valence-corrected chi connectivity index (χ0v) is 11.7. The Morgan fingerprint density at radius 1 is 1.56 bits per heavy atom. The number of hydrogen-bond acceptors (Lipinski definition) is 5. The van der Waals surface area contributed by atoms with E-state index in [1.54, 1.807) is 0 Å². The number of nitrogens with zero attached hydrogens (tertiary/aromatic N) is 2. The van der Waals surface area contributed by atoms with Gasteiger partial charge in [-0.05, 0) is 28.9 Å². The summed E-state index contributed by atoms with van der Waals surface area (Å²) in [5.41, 5.74) is 4.04. The lowest BCUT2D eigenvalue weighted by atomic mass is 10.2. The van der Waals surface area contributed by atoms with Gasteiger partial charge in [0.25, 0.3) is 0 Å². The van der Waals surface area contributed by atoms with Gasteiger partial charge in [0.1, 0.15) is 11.6 Å². The maximum atomic E-state index is 12.9. The average molecular weight is 330 g/mol. The summed E-state index contributed by atoms with van der Waals surface area (Å²) in [5, 5.41) is 16.1. The van der Waals surface area contributed by atoms with Crippen LogP contribution in [-0.4, -0.2) is 16.3 Å². The zero-order valence-electron chi connectivity index (χ0n) is 9.32. The van der Waals surface area contributed by atoms with Gasteiger partial charge in [0.2, 0.25) is 5.13 Å². The molecule has 2 N–H and O–H groups in total. The van der Waals surface area contributed by atoms with Gasteiger partial charge in [0, 0.05) is 15.9 Å². The fourth-order valence-electron chi connectivity index (χ4n) is 1.26. The second kappa shape index (κ2) is 5.45. The summed E-state index contributed by atoms with van der Waals surface area (Å²) in [6, 6.07) is 2.29. The minimum absolute atomic E-state index is 0.178. The molecular weight excluding hydrogens is 321 g/mol. The van der Waals surface area contributed by atoms with Crippen LogP contribution in [0.25, 0.3) is 0 Å². The second-order valence-electron chi connectivity index (χ2n) is 3.48. The highest BCUT2D eigenvalue weighted by Gasteiger charge is 2.06. The van der Waals surface area contributed by atoms with Gasteiger partial charge in [0.05, 0.1) is 17.5 Å². The van der Waals surface area contributed by atoms with Crippen molar-refractivity contribution in [2.75, 3.05) is 5.43 Å². The smallest absolute Gasteiger partial charge is 0.203 e.